The molecule has 4 nitrogen and oxygen atoms in total. The second-order valence-corrected chi connectivity index (χ2v) is 7.32. The maximum absolute atomic E-state index is 12.8. The summed E-state index contributed by atoms with van der Waals surface area (Å²) in [5, 5.41) is 7.01. The normalized spacial score (nSPS) is 11.9. The number of nitrogens with one attached hydrogen (secondary N) is 1. The Morgan fingerprint density at radius 1 is 1.12 bits per heavy atom. The Morgan fingerprint density at radius 3 is 2.46 bits per heavy atom. The molecule has 0 aliphatic heterocycles. The lowest BCUT2D eigenvalue weighted by Crippen LogP contribution is -2.29. The molecule has 1 N–H and O–H groups in total. The van der Waals surface area contributed by atoms with Crippen molar-refractivity contribution < 1.29 is 4.79 Å². The van der Waals surface area contributed by atoms with Crippen molar-refractivity contribution in [3.63, 3.8) is 0 Å². The lowest BCUT2D eigenvalue weighted by Gasteiger charge is -2.17. The molecule has 26 heavy (non-hydrogen) atoms. The molecule has 0 fully saturated rings. The molecule has 0 saturated heterocycles. The Balaban J connectivity index is 1.59. The van der Waals surface area contributed by atoms with Crippen LogP contribution >= 0.6 is 11.8 Å². The van der Waals surface area contributed by atoms with Gasteiger partial charge in [-0.1, -0.05) is 48.5 Å². The summed E-state index contributed by atoms with van der Waals surface area (Å²) >= 11 is 1.58. The topological polar surface area (TPSA) is 46.9 Å². The van der Waals surface area contributed by atoms with Crippen LogP contribution in [0.15, 0.2) is 78.0 Å². The van der Waals surface area contributed by atoms with Gasteiger partial charge in [-0.3, -0.25) is 9.48 Å². The molecule has 0 aliphatic rings. The molecule has 134 valence electrons. The summed E-state index contributed by atoms with van der Waals surface area (Å²) in [6.07, 6.45) is 5.70. The van der Waals surface area contributed by atoms with Crippen LogP contribution in [-0.4, -0.2) is 22.2 Å². The Kier molecular flexibility index (Phi) is 6.50. The molecule has 1 unspecified atom stereocenters. The quantitative estimate of drug-likeness (QED) is 0.485. The number of carbonyl (C=O) groups excluding carboxylic acids is 1. The second kappa shape index (κ2) is 9.25. The van der Waals surface area contributed by atoms with E-state index in [0.717, 1.165) is 23.3 Å². The molecule has 0 aliphatic carbocycles. The molecule has 1 aromatic heterocycles. The van der Waals surface area contributed by atoms with E-state index in [1.54, 1.807) is 16.4 Å². The van der Waals surface area contributed by atoms with E-state index >= 15 is 0 Å². The first-order valence-electron chi connectivity index (χ1n) is 8.74. The molecule has 2 aromatic carbocycles. The largest absolute Gasteiger partial charge is 0.355 e. The van der Waals surface area contributed by atoms with Crippen molar-refractivity contribution in [3.8, 4) is 0 Å². The van der Waals surface area contributed by atoms with Crippen molar-refractivity contribution in [1.29, 1.82) is 0 Å². The van der Waals surface area contributed by atoms with Gasteiger partial charge < -0.3 is 5.32 Å². The third kappa shape index (κ3) is 5.23. The predicted molar refractivity (Wildman–Crippen MR) is 106 cm³/mol. The molecule has 3 aromatic rings. The number of hydrogen-bond acceptors (Lipinski definition) is 3. The molecule has 5 heteroatoms. The standard InChI is InChI=1S/C21H23N3OS/c1-24-16-17(15-23-24)9-8-14-22-21(25)20(18-10-4-2-5-11-18)26-19-12-6-3-7-13-19/h2-7,10-13,15-16,20H,8-9,14H2,1H3,(H,22,25). The van der Waals surface area contributed by atoms with Crippen LogP contribution < -0.4 is 5.32 Å². The van der Waals surface area contributed by atoms with Gasteiger partial charge in [-0.15, -0.1) is 11.8 Å². The molecule has 1 heterocycles. The molecule has 1 atom stereocenters. The van der Waals surface area contributed by atoms with Crippen LogP contribution in [0.4, 0.5) is 0 Å². The average molecular weight is 366 g/mol. The van der Waals surface area contributed by atoms with E-state index in [0.29, 0.717) is 6.54 Å². The Bertz CT molecular complexity index is 818. The van der Waals surface area contributed by atoms with Crippen molar-refractivity contribution >= 4 is 17.7 Å². The predicted octanol–water partition coefficient (Wildman–Crippen LogP) is 4.00. The summed E-state index contributed by atoms with van der Waals surface area (Å²) in [4.78, 5) is 13.9. The van der Waals surface area contributed by atoms with E-state index in [9.17, 15) is 4.79 Å². The average Bonchev–Trinajstić information content (AvgIpc) is 3.10. The summed E-state index contributed by atoms with van der Waals surface area (Å²) in [6, 6.07) is 20.0. The maximum atomic E-state index is 12.8. The van der Waals surface area contributed by atoms with E-state index < -0.39 is 0 Å². The van der Waals surface area contributed by atoms with Gasteiger partial charge in [0.1, 0.15) is 5.25 Å². The third-order valence-corrected chi connectivity index (χ3v) is 5.30. The highest BCUT2D eigenvalue weighted by molar-refractivity contribution is 8.00. The number of nitrogens with zero attached hydrogens (tertiary/aromatic N) is 2. The molecule has 0 spiro atoms. The minimum absolute atomic E-state index is 0.0521. The summed E-state index contributed by atoms with van der Waals surface area (Å²) in [6.45, 7) is 0.659. The zero-order valence-electron chi connectivity index (χ0n) is 14.8. The first kappa shape index (κ1) is 18.3. The number of amides is 1. The van der Waals surface area contributed by atoms with Crippen molar-refractivity contribution in [2.45, 2.75) is 23.0 Å². The molecular formula is C21H23N3OS. The monoisotopic (exact) mass is 365 g/mol. The maximum Gasteiger partial charge on any atom is 0.237 e. The number of rotatable bonds is 8. The van der Waals surface area contributed by atoms with Crippen LogP contribution in [0, 0.1) is 0 Å². The first-order chi connectivity index (χ1) is 12.7. The number of thioether (sulfide) groups is 1. The summed E-state index contributed by atoms with van der Waals surface area (Å²) < 4.78 is 1.80. The van der Waals surface area contributed by atoms with E-state index in [4.69, 9.17) is 0 Å². The van der Waals surface area contributed by atoms with Gasteiger partial charge in [0, 0.05) is 24.7 Å². The summed E-state index contributed by atoms with van der Waals surface area (Å²) in [7, 11) is 1.91. The Hall–Kier alpha value is -2.53. The number of aryl methyl sites for hydroxylation is 2. The molecule has 0 saturated carbocycles. The van der Waals surface area contributed by atoms with E-state index in [2.05, 4.69) is 10.4 Å². The van der Waals surface area contributed by atoms with Gasteiger partial charge in [-0.2, -0.15) is 5.10 Å². The number of benzene rings is 2. The van der Waals surface area contributed by atoms with Crippen LogP contribution in [0.1, 0.15) is 22.8 Å². The highest BCUT2D eigenvalue weighted by Crippen LogP contribution is 2.35. The van der Waals surface area contributed by atoms with E-state index in [1.807, 2.05) is 80.1 Å². The van der Waals surface area contributed by atoms with Gasteiger partial charge in [0.05, 0.1) is 6.20 Å². The lowest BCUT2D eigenvalue weighted by molar-refractivity contribution is -0.120. The van der Waals surface area contributed by atoms with Gasteiger partial charge >= 0.3 is 0 Å². The van der Waals surface area contributed by atoms with Crippen LogP contribution in [0.3, 0.4) is 0 Å². The molecule has 0 bridgehead atoms. The third-order valence-electron chi connectivity index (χ3n) is 4.04. The number of aromatic nitrogens is 2. The molecule has 0 radical (unpaired) electrons. The first-order valence-corrected chi connectivity index (χ1v) is 9.62. The van der Waals surface area contributed by atoms with Gasteiger partial charge in [0.15, 0.2) is 0 Å². The highest BCUT2D eigenvalue weighted by atomic mass is 32.2. The van der Waals surface area contributed by atoms with Crippen molar-refractivity contribution in [2.24, 2.45) is 7.05 Å². The van der Waals surface area contributed by atoms with Crippen molar-refractivity contribution in [2.75, 3.05) is 6.54 Å². The van der Waals surface area contributed by atoms with Crippen LogP contribution in [0.5, 0.6) is 0 Å². The minimum Gasteiger partial charge on any atom is -0.355 e. The lowest BCUT2D eigenvalue weighted by atomic mass is 10.1. The van der Waals surface area contributed by atoms with E-state index in [1.165, 1.54) is 5.56 Å². The fourth-order valence-electron chi connectivity index (χ4n) is 2.73. The summed E-state index contributed by atoms with van der Waals surface area (Å²) in [5.74, 6) is 0.0521. The van der Waals surface area contributed by atoms with Gasteiger partial charge in [-0.25, -0.2) is 0 Å². The fourth-order valence-corrected chi connectivity index (χ4v) is 3.80. The fraction of sp³-hybridized carbons (Fsp3) is 0.238. The number of hydrogen-bond donors (Lipinski definition) is 1. The van der Waals surface area contributed by atoms with Gasteiger partial charge in [-0.05, 0) is 36.1 Å². The van der Waals surface area contributed by atoms with Gasteiger partial charge in [0.25, 0.3) is 0 Å². The SMILES string of the molecule is Cn1cc(CCCNC(=O)C(Sc2ccccc2)c2ccccc2)cn1. The van der Waals surface area contributed by atoms with E-state index in [-0.39, 0.29) is 11.2 Å². The van der Waals surface area contributed by atoms with Crippen LogP contribution in [0.2, 0.25) is 0 Å². The van der Waals surface area contributed by atoms with Gasteiger partial charge in [0.2, 0.25) is 5.91 Å². The van der Waals surface area contributed by atoms with Crippen molar-refractivity contribution in [3.05, 3.63) is 84.2 Å². The molecule has 1 amide bonds. The highest BCUT2D eigenvalue weighted by Gasteiger charge is 2.21. The van der Waals surface area contributed by atoms with Crippen LogP contribution in [0.25, 0.3) is 0 Å². The smallest absolute Gasteiger partial charge is 0.237 e. The Morgan fingerprint density at radius 2 is 1.81 bits per heavy atom. The number of carbonyl (C=O) groups is 1. The second-order valence-electron chi connectivity index (χ2n) is 6.14. The summed E-state index contributed by atoms with van der Waals surface area (Å²) in [5.41, 5.74) is 2.21. The Labute approximate surface area is 158 Å². The van der Waals surface area contributed by atoms with Crippen LogP contribution in [-0.2, 0) is 18.3 Å². The minimum atomic E-state index is -0.253. The zero-order chi connectivity index (χ0) is 18.2. The molecule has 3 rings (SSSR count). The zero-order valence-corrected chi connectivity index (χ0v) is 15.7. The van der Waals surface area contributed by atoms with Crippen molar-refractivity contribution in [1.82, 2.24) is 15.1 Å². The molecular weight excluding hydrogens is 342 g/mol.